The van der Waals surface area contributed by atoms with Gasteiger partial charge in [-0.25, -0.2) is 0 Å². The lowest BCUT2D eigenvalue weighted by atomic mass is 10.0. The highest BCUT2D eigenvalue weighted by molar-refractivity contribution is 4.83. The molecule has 0 bridgehead atoms. The second kappa shape index (κ2) is 8.89. The van der Waals surface area contributed by atoms with Crippen LogP contribution >= 0.6 is 0 Å². The molecule has 108 valence electrons. The van der Waals surface area contributed by atoms with Gasteiger partial charge in [-0.1, -0.05) is 33.1 Å². The first-order valence-electron chi connectivity index (χ1n) is 7.87. The molecule has 3 heteroatoms. The van der Waals surface area contributed by atoms with Crippen LogP contribution in [0.1, 0.15) is 52.4 Å². The molecule has 2 atom stereocenters. The fourth-order valence-electron chi connectivity index (χ4n) is 3.16. The molecule has 1 saturated heterocycles. The van der Waals surface area contributed by atoms with Gasteiger partial charge in [0.2, 0.25) is 0 Å². The largest absolute Gasteiger partial charge is 0.329 e. The zero-order valence-electron chi connectivity index (χ0n) is 12.7. The summed E-state index contributed by atoms with van der Waals surface area (Å²) >= 11 is 0. The summed E-state index contributed by atoms with van der Waals surface area (Å²) in [6.07, 6.45) is 7.80. The van der Waals surface area contributed by atoms with E-state index in [2.05, 4.69) is 30.7 Å². The van der Waals surface area contributed by atoms with Crippen LogP contribution in [0.3, 0.4) is 0 Å². The van der Waals surface area contributed by atoms with Crippen molar-refractivity contribution >= 4 is 0 Å². The third-order valence-corrected chi connectivity index (χ3v) is 4.30. The minimum Gasteiger partial charge on any atom is -0.329 e. The lowest BCUT2D eigenvalue weighted by Crippen LogP contribution is -2.48. The van der Waals surface area contributed by atoms with Gasteiger partial charge in [0.1, 0.15) is 0 Å². The summed E-state index contributed by atoms with van der Waals surface area (Å²) in [6.45, 7) is 9.09. The molecule has 0 radical (unpaired) electrons. The van der Waals surface area contributed by atoms with Gasteiger partial charge in [0, 0.05) is 31.7 Å². The molecule has 0 aromatic carbocycles. The molecule has 2 unspecified atom stereocenters. The molecule has 3 nitrogen and oxygen atoms in total. The highest BCUT2D eigenvalue weighted by Gasteiger charge is 2.26. The number of likely N-dealkylation sites (N-methyl/N-ethyl adjacent to an activating group) is 1. The van der Waals surface area contributed by atoms with E-state index in [1.807, 2.05) is 0 Å². The molecule has 0 aliphatic carbocycles. The topological polar surface area (TPSA) is 32.5 Å². The maximum atomic E-state index is 6.03. The number of nitrogens with zero attached hydrogens (tertiary/aromatic N) is 2. The van der Waals surface area contributed by atoms with Gasteiger partial charge in [-0.05, 0) is 32.9 Å². The quantitative estimate of drug-likeness (QED) is 0.709. The van der Waals surface area contributed by atoms with Crippen molar-refractivity contribution in [1.82, 2.24) is 9.80 Å². The van der Waals surface area contributed by atoms with Gasteiger partial charge in [0.25, 0.3) is 0 Å². The summed E-state index contributed by atoms with van der Waals surface area (Å²) in [4.78, 5) is 5.19. The van der Waals surface area contributed by atoms with E-state index in [1.54, 1.807) is 0 Å². The van der Waals surface area contributed by atoms with Gasteiger partial charge in [-0.3, -0.25) is 4.90 Å². The predicted octanol–water partition coefficient (Wildman–Crippen LogP) is 2.31. The van der Waals surface area contributed by atoms with Crippen molar-refractivity contribution in [1.29, 1.82) is 0 Å². The molecule has 0 amide bonds. The van der Waals surface area contributed by atoms with Crippen LogP contribution in [0.4, 0.5) is 0 Å². The highest BCUT2D eigenvalue weighted by Crippen LogP contribution is 2.18. The van der Waals surface area contributed by atoms with E-state index in [4.69, 9.17) is 5.73 Å². The lowest BCUT2D eigenvalue weighted by Gasteiger charge is -2.36. The van der Waals surface area contributed by atoms with Crippen molar-refractivity contribution in [3.8, 4) is 0 Å². The zero-order valence-corrected chi connectivity index (χ0v) is 12.7. The normalized spacial score (nSPS) is 25.0. The summed E-state index contributed by atoms with van der Waals surface area (Å²) in [5, 5.41) is 0. The first-order chi connectivity index (χ1) is 8.72. The smallest absolute Gasteiger partial charge is 0.0223 e. The Morgan fingerprint density at radius 2 is 2.00 bits per heavy atom. The monoisotopic (exact) mass is 255 g/mol. The molecule has 0 aromatic heterocycles. The van der Waals surface area contributed by atoms with Crippen molar-refractivity contribution in [2.75, 3.05) is 33.2 Å². The lowest BCUT2D eigenvalue weighted by molar-refractivity contribution is 0.123. The fraction of sp³-hybridized carbons (Fsp3) is 1.00. The Balaban J connectivity index is 2.56. The van der Waals surface area contributed by atoms with E-state index in [0.717, 1.165) is 6.54 Å². The molecule has 0 spiro atoms. The van der Waals surface area contributed by atoms with Crippen LogP contribution in [0.15, 0.2) is 0 Å². The minimum atomic E-state index is 0.605. The Morgan fingerprint density at radius 3 is 2.61 bits per heavy atom. The second-order valence-corrected chi connectivity index (χ2v) is 5.80. The van der Waals surface area contributed by atoms with E-state index in [-0.39, 0.29) is 0 Å². The Morgan fingerprint density at radius 1 is 1.22 bits per heavy atom. The average molecular weight is 255 g/mol. The molecule has 1 aliphatic rings. The SMILES string of the molecule is CCCCCC(CN)N1CCCN(C)CC1CC. The molecule has 0 saturated carbocycles. The average Bonchev–Trinajstić information content (AvgIpc) is 2.56. The maximum absolute atomic E-state index is 6.03. The van der Waals surface area contributed by atoms with E-state index in [9.17, 15) is 0 Å². The summed E-state index contributed by atoms with van der Waals surface area (Å²) < 4.78 is 0. The minimum absolute atomic E-state index is 0.605. The van der Waals surface area contributed by atoms with E-state index < -0.39 is 0 Å². The molecule has 1 rings (SSSR count). The van der Waals surface area contributed by atoms with Crippen molar-refractivity contribution in [3.63, 3.8) is 0 Å². The number of hydrogen-bond acceptors (Lipinski definition) is 3. The predicted molar refractivity (Wildman–Crippen MR) is 79.9 cm³/mol. The first-order valence-corrected chi connectivity index (χ1v) is 7.87. The molecule has 1 aliphatic heterocycles. The Kier molecular flexibility index (Phi) is 7.87. The Labute approximate surface area is 114 Å². The van der Waals surface area contributed by atoms with Crippen LogP contribution in [0, 0.1) is 0 Å². The van der Waals surface area contributed by atoms with Crippen LogP contribution in [-0.4, -0.2) is 55.1 Å². The van der Waals surface area contributed by atoms with Crippen LogP contribution < -0.4 is 5.73 Å². The van der Waals surface area contributed by atoms with E-state index in [0.29, 0.717) is 12.1 Å². The van der Waals surface area contributed by atoms with Crippen molar-refractivity contribution < 1.29 is 0 Å². The number of hydrogen-bond donors (Lipinski definition) is 1. The van der Waals surface area contributed by atoms with Crippen molar-refractivity contribution in [2.45, 2.75) is 64.5 Å². The van der Waals surface area contributed by atoms with Gasteiger partial charge >= 0.3 is 0 Å². The molecular weight excluding hydrogens is 222 g/mol. The van der Waals surface area contributed by atoms with Crippen LogP contribution in [0.5, 0.6) is 0 Å². The van der Waals surface area contributed by atoms with Crippen LogP contribution in [0.25, 0.3) is 0 Å². The molecule has 1 heterocycles. The number of nitrogens with two attached hydrogens (primary N) is 1. The summed E-state index contributed by atoms with van der Waals surface area (Å²) in [5.41, 5.74) is 6.03. The zero-order chi connectivity index (χ0) is 13.4. The summed E-state index contributed by atoms with van der Waals surface area (Å²) in [6, 6.07) is 1.31. The number of rotatable bonds is 7. The highest BCUT2D eigenvalue weighted by atomic mass is 15.3. The van der Waals surface area contributed by atoms with Gasteiger partial charge < -0.3 is 10.6 Å². The third-order valence-electron chi connectivity index (χ3n) is 4.30. The number of unbranched alkanes of at least 4 members (excludes halogenated alkanes) is 2. The molecule has 18 heavy (non-hydrogen) atoms. The molecule has 2 N–H and O–H groups in total. The molecule has 1 fully saturated rings. The first kappa shape index (κ1) is 15.9. The third kappa shape index (κ3) is 4.87. The van der Waals surface area contributed by atoms with E-state index >= 15 is 0 Å². The maximum Gasteiger partial charge on any atom is 0.0223 e. The van der Waals surface area contributed by atoms with Crippen LogP contribution in [0.2, 0.25) is 0 Å². The molecular formula is C15H33N3. The van der Waals surface area contributed by atoms with Crippen molar-refractivity contribution in [2.24, 2.45) is 5.73 Å². The van der Waals surface area contributed by atoms with Gasteiger partial charge in [0.15, 0.2) is 0 Å². The van der Waals surface area contributed by atoms with Gasteiger partial charge in [-0.2, -0.15) is 0 Å². The Bertz CT molecular complexity index is 208. The van der Waals surface area contributed by atoms with Crippen molar-refractivity contribution in [3.05, 3.63) is 0 Å². The van der Waals surface area contributed by atoms with Gasteiger partial charge in [-0.15, -0.1) is 0 Å². The van der Waals surface area contributed by atoms with Gasteiger partial charge in [0.05, 0.1) is 0 Å². The standard InChI is InChI=1S/C15H33N3/c1-4-6-7-9-15(12-16)18-11-8-10-17(3)13-14(18)5-2/h14-15H,4-13,16H2,1-3H3. The fourth-order valence-corrected chi connectivity index (χ4v) is 3.16. The molecule has 0 aromatic rings. The summed E-state index contributed by atoms with van der Waals surface area (Å²) in [5.74, 6) is 0. The summed E-state index contributed by atoms with van der Waals surface area (Å²) in [7, 11) is 2.25. The Hall–Kier alpha value is -0.120. The van der Waals surface area contributed by atoms with Crippen LogP contribution in [-0.2, 0) is 0 Å². The van der Waals surface area contributed by atoms with E-state index in [1.165, 1.54) is 58.2 Å². The second-order valence-electron chi connectivity index (χ2n) is 5.80.